The van der Waals surface area contributed by atoms with Crippen molar-refractivity contribution in [3.05, 3.63) is 29.8 Å². The van der Waals surface area contributed by atoms with Gasteiger partial charge in [-0.05, 0) is 43.7 Å². The third-order valence-electron chi connectivity index (χ3n) is 5.14. The molecule has 4 aliphatic heterocycles. The van der Waals surface area contributed by atoms with Gasteiger partial charge in [0.15, 0.2) is 0 Å². The Labute approximate surface area is 109 Å². The van der Waals surface area contributed by atoms with Gasteiger partial charge in [-0.1, -0.05) is 25.1 Å². The summed E-state index contributed by atoms with van der Waals surface area (Å²) in [6.45, 7) is 2.28. The zero-order valence-corrected chi connectivity index (χ0v) is 11.1. The predicted molar refractivity (Wildman–Crippen MR) is 75.1 cm³/mol. The van der Waals surface area contributed by atoms with Crippen LogP contribution < -0.4 is 10.2 Å². The van der Waals surface area contributed by atoms with Crippen molar-refractivity contribution in [3.63, 3.8) is 0 Å². The molecular formula is C16H22N2. The highest BCUT2D eigenvalue weighted by Crippen LogP contribution is 2.42. The van der Waals surface area contributed by atoms with Gasteiger partial charge < -0.3 is 10.2 Å². The molecular weight excluding hydrogens is 220 g/mol. The number of aryl methyl sites for hydroxylation is 1. The van der Waals surface area contributed by atoms with E-state index in [1.165, 1.54) is 36.9 Å². The van der Waals surface area contributed by atoms with E-state index in [0.29, 0.717) is 0 Å². The summed E-state index contributed by atoms with van der Waals surface area (Å²) in [5, 5.41) is 3.79. The number of benzene rings is 1. The van der Waals surface area contributed by atoms with Gasteiger partial charge in [0, 0.05) is 29.9 Å². The first-order valence-corrected chi connectivity index (χ1v) is 7.47. The second-order valence-corrected chi connectivity index (χ2v) is 6.20. The zero-order valence-electron chi connectivity index (χ0n) is 11.1. The molecule has 5 rings (SSSR count). The minimum absolute atomic E-state index is 0.793. The number of anilines is 1. The van der Waals surface area contributed by atoms with Crippen molar-refractivity contribution >= 4 is 5.69 Å². The van der Waals surface area contributed by atoms with Crippen LogP contribution in [0.15, 0.2) is 24.3 Å². The lowest BCUT2D eigenvalue weighted by Gasteiger charge is -2.58. The summed E-state index contributed by atoms with van der Waals surface area (Å²) in [6, 6.07) is 12.2. The van der Waals surface area contributed by atoms with Crippen molar-refractivity contribution in [2.45, 2.75) is 63.2 Å². The Morgan fingerprint density at radius 3 is 2.28 bits per heavy atom. The topological polar surface area (TPSA) is 15.3 Å². The highest BCUT2D eigenvalue weighted by molar-refractivity contribution is 5.56. The molecule has 0 saturated carbocycles. The molecule has 96 valence electrons. The fraction of sp³-hybridized carbons (Fsp3) is 0.625. The molecule has 2 heteroatoms. The van der Waals surface area contributed by atoms with Crippen LogP contribution in [-0.2, 0) is 6.42 Å². The van der Waals surface area contributed by atoms with Gasteiger partial charge in [-0.2, -0.15) is 0 Å². The van der Waals surface area contributed by atoms with Crippen LogP contribution in [0.25, 0.3) is 0 Å². The minimum Gasteiger partial charge on any atom is -0.365 e. The van der Waals surface area contributed by atoms with Gasteiger partial charge >= 0.3 is 0 Å². The van der Waals surface area contributed by atoms with Crippen molar-refractivity contribution in [1.82, 2.24) is 5.32 Å². The van der Waals surface area contributed by atoms with Crippen molar-refractivity contribution in [1.29, 1.82) is 0 Å². The fourth-order valence-corrected chi connectivity index (χ4v) is 4.51. The van der Waals surface area contributed by atoms with E-state index < -0.39 is 0 Å². The highest BCUT2D eigenvalue weighted by atomic mass is 15.3. The predicted octanol–water partition coefficient (Wildman–Crippen LogP) is 2.72. The van der Waals surface area contributed by atoms with Crippen molar-refractivity contribution in [3.8, 4) is 0 Å². The normalized spacial score (nSPS) is 37.3. The molecule has 18 heavy (non-hydrogen) atoms. The van der Waals surface area contributed by atoms with E-state index in [4.69, 9.17) is 0 Å². The van der Waals surface area contributed by atoms with Crippen LogP contribution >= 0.6 is 0 Å². The molecule has 2 nitrogen and oxygen atoms in total. The van der Waals surface area contributed by atoms with Gasteiger partial charge in [0.1, 0.15) is 0 Å². The van der Waals surface area contributed by atoms with E-state index in [1.54, 1.807) is 0 Å². The highest BCUT2D eigenvalue weighted by Gasteiger charge is 2.46. The van der Waals surface area contributed by atoms with E-state index >= 15 is 0 Å². The van der Waals surface area contributed by atoms with Gasteiger partial charge in [0.05, 0.1) is 0 Å². The Morgan fingerprint density at radius 1 is 1.06 bits per heavy atom. The SMILES string of the molecule is CCc1ccccc1N1C2CC3CC1CC(C2)N3. The Balaban J connectivity index is 1.72. The summed E-state index contributed by atoms with van der Waals surface area (Å²) < 4.78 is 0. The van der Waals surface area contributed by atoms with Gasteiger partial charge in [0.25, 0.3) is 0 Å². The molecule has 1 N–H and O–H groups in total. The molecule has 4 heterocycles. The van der Waals surface area contributed by atoms with E-state index in [0.717, 1.165) is 30.6 Å². The van der Waals surface area contributed by atoms with Crippen LogP contribution in [0.1, 0.15) is 38.2 Å². The summed E-state index contributed by atoms with van der Waals surface area (Å²) in [5.41, 5.74) is 3.05. The molecule has 0 atom stereocenters. The first kappa shape index (κ1) is 10.9. The quantitative estimate of drug-likeness (QED) is 0.858. The number of para-hydroxylation sites is 1. The maximum atomic E-state index is 3.79. The largest absolute Gasteiger partial charge is 0.365 e. The molecule has 1 aromatic carbocycles. The zero-order chi connectivity index (χ0) is 12.1. The lowest BCUT2D eigenvalue weighted by Crippen LogP contribution is -2.67. The van der Waals surface area contributed by atoms with Gasteiger partial charge in [-0.15, -0.1) is 0 Å². The summed E-state index contributed by atoms with van der Waals surface area (Å²) in [7, 11) is 0. The van der Waals surface area contributed by atoms with Crippen molar-refractivity contribution in [2.75, 3.05) is 4.90 Å². The lowest BCUT2D eigenvalue weighted by molar-refractivity contribution is 0.134. The number of nitrogens with one attached hydrogen (secondary N) is 1. The van der Waals surface area contributed by atoms with E-state index in [2.05, 4.69) is 41.4 Å². The third-order valence-corrected chi connectivity index (χ3v) is 5.14. The van der Waals surface area contributed by atoms with Crippen LogP contribution in [0, 0.1) is 0 Å². The molecule has 0 aromatic heterocycles. The summed E-state index contributed by atoms with van der Waals surface area (Å²) in [6.07, 6.45) is 6.56. The minimum atomic E-state index is 0.793. The Morgan fingerprint density at radius 2 is 1.67 bits per heavy atom. The van der Waals surface area contributed by atoms with Gasteiger partial charge in [-0.25, -0.2) is 0 Å². The van der Waals surface area contributed by atoms with Crippen LogP contribution in [0.2, 0.25) is 0 Å². The average molecular weight is 242 g/mol. The van der Waals surface area contributed by atoms with Crippen LogP contribution in [-0.4, -0.2) is 24.2 Å². The summed E-state index contributed by atoms with van der Waals surface area (Å²) >= 11 is 0. The average Bonchev–Trinajstić information content (AvgIpc) is 2.38. The number of hydrogen-bond acceptors (Lipinski definition) is 2. The maximum Gasteiger partial charge on any atom is 0.0403 e. The number of rotatable bonds is 2. The van der Waals surface area contributed by atoms with Gasteiger partial charge in [-0.3, -0.25) is 0 Å². The van der Waals surface area contributed by atoms with Crippen molar-refractivity contribution in [2.24, 2.45) is 0 Å². The molecule has 0 radical (unpaired) electrons. The third kappa shape index (κ3) is 1.51. The molecule has 0 unspecified atom stereocenters. The molecule has 4 saturated heterocycles. The molecule has 0 spiro atoms. The molecule has 4 aliphatic rings. The number of nitrogens with zero attached hydrogens (tertiary/aromatic N) is 1. The van der Waals surface area contributed by atoms with Crippen LogP contribution in [0.3, 0.4) is 0 Å². The maximum absolute atomic E-state index is 3.79. The van der Waals surface area contributed by atoms with Crippen LogP contribution in [0.4, 0.5) is 5.69 Å². The fourth-order valence-electron chi connectivity index (χ4n) is 4.51. The first-order chi connectivity index (χ1) is 8.85. The second kappa shape index (κ2) is 3.99. The monoisotopic (exact) mass is 242 g/mol. The van der Waals surface area contributed by atoms with E-state index in [1.807, 2.05) is 0 Å². The molecule has 0 aliphatic carbocycles. The summed E-state index contributed by atoms with van der Waals surface area (Å²) in [4.78, 5) is 2.77. The van der Waals surface area contributed by atoms with Gasteiger partial charge in [0.2, 0.25) is 0 Å². The Kier molecular flexibility index (Phi) is 2.41. The van der Waals surface area contributed by atoms with E-state index in [9.17, 15) is 0 Å². The molecule has 4 fully saturated rings. The standard InChI is InChI=1S/C16H22N2/c1-2-11-5-3-4-6-16(11)18-14-7-12-8-15(18)10-13(9-14)17-12/h3-6,12-15,17H,2,7-10H2,1H3. The smallest absolute Gasteiger partial charge is 0.0403 e. The summed E-state index contributed by atoms with van der Waals surface area (Å²) in [5.74, 6) is 0. The van der Waals surface area contributed by atoms with Crippen molar-refractivity contribution < 1.29 is 0 Å². The Hall–Kier alpha value is -1.02. The lowest BCUT2D eigenvalue weighted by atomic mass is 9.74. The number of piperidine rings is 4. The van der Waals surface area contributed by atoms with Crippen LogP contribution in [0.5, 0.6) is 0 Å². The molecule has 1 aromatic rings. The molecule has 0 amide bonds. The number of hydrogen-bond donors (Lipinski definition) is 1. The second-order valence-electron chi connectivity index (χ2n) is 6.20. The Bertz CT molecular complexity index is 426. The molecule has 4 bridgehead atoms. The first-order valence-electron chi connectivity index (χ1n) is 7.47. The van der Waals surface area contributed by atoms with E-state index in [-0.39, 0.29) is 0 Å².